The third kappa shape index (κ3) is 2.14. The van der Waals surface area contributed by atoms with Gasteiger partial charge in [-0.2, -0.15) is 0 Å². The van der Waals surface area contributed by atoms with Crippen LogP contribution in [0, 0.1) is 0 Å². The number of hydrogen-bond donors (Lipinski definition) is 1. The molecule has 19 heavy (non-hydrogen) atoms. The van der Waals surface area contributed by atoms with E-state index in [1.807, 2.05) is 12.1 Å². The van der Waals surface area contributed by atoms with Gasteiger partial charge < -0.3 is 10.1 Å². The molecule has 1 aliphatic rings. The summed E-state index contributed by atoms with van der Waals surface area (Å²) in [6, 6.07) is 8.24. The molecule has 1 aromatic carbocycles. The highest BCUT2D eigenvalue weighted by Gasteiger charge is 2.21. The van der Waals surface area contributed by atoms with Gasteiger partial charge in [-0.1, -0.05) is 13.0 Å². The maximum absolute atomic E-state index is 5.27. The van der Waals surface area contributed by atoms with Gasteiger partial charge in [-0.05, 0) is 35.7 Å². The van der Waals surface area contributed by atoms with Crippen molar-refractivity contribution in [3.05, 3.63) is 35.4 Å². The van der Waals surface area contributed by atoms with Crippen molar-refractivity contribution in [2.75, 3.05) is 19.0 Å². The van der Waals surface area contributed by atoms with Gasteiger partial charge in [-0.25, -0.2) is 0 Å². The van der Waals surface area contributed by atoms with Crippen LogP contribution in [0.5, 0.6) is 5.75 Å². The maximum Gasteiger partial charge on any atom is 0.148 e. The van der Waals surface area contributed by atoms with Crippen LogP contribution in [0.25, 0.3) is 11.3 Å². The summed E-state index contributed by atoms with van der Waals surface area (Å²) in [5.41, 5.74) is 4.65. The molecule has 0 bridgehead atoms. The second-order valence-corrected chi connectivity index (χ2v) is 4.73. The number of anilines is 1. The fraction of sp³-hybridized carbons (Fsp3) is 0.333. The van der Waals surface area contributed by atoms with Gasteiger partial charge in [-0.15, -0.1) is 10.2 Å². The molecule has 1 heterocycles. The molecule has 2 aromatic rings. The van der Waals surface area contributed by atoms with Crippen LogP contribution in [-0.2, 0) is 6.42 Å². The van der Waals surface area contributed by atoms with Crippen LogP contribution in [-0.4, -0.2) is 23.9 Å². The Kier molecular flexibility index (Phi) is 3.07. The van der Waals surface area contributed by atoms with Gasteiger partial charge in [0.05, 0.1) is 12.8 Å². The molecule has 0 unspecified atom stereocenters. The summed E-state index contributed by atoms with van der Waals surface area (Å²) in [5.74, 6) is 1.72. The first kappa shape index (κ1) is 12.0. The van der Waals surface area contributed by atoms with Crippen molar-refractivity contribution in [1.82, 2.24) is 10.2 Å². The normalized spacial score (nSPS) is 11.9. The van der Waals surface area contributed by atoms with Crippen molar-refractivity contribution >= 4 is 5.82 Å². The van der Waals surface area contributed by atoms with Gasteiger partial charge in [0, 0.05) is 18.5 Å². The van der Waals surface area contributed by atoms with Crippen molar-refractivity contribution in [3.63, 3.8) is 0 Å². The molecule has 0 amide bonds. The molecule has 0 fully saturated rings. The monoisotopic (exact) mass is 255 g/mol. The standard InChI is InChI=1S/C15H17N3O/c1-3-6-16-14-8-11-7-10-4-5-12(19-2)9-13(10)15(11)18-17-14/h4-5,8-9H,3,6-7H2,1-2H3,(H,16,17). The van der Waals surface area contributed by atoms with Crippen LogP contribution in [0.3, 0.4) is 0 Å². The van der Waals surface area contributed by atoms with Crippen LogP contribution < -0.4 is 10.1 Å². The molecule has 3 rings (SSSR count). The van der Waals surface area contributed by atoms with E-state index in [2.05, 4.69) is 34.6 Å². The predicted molar refractivity (Wildman–Crippen MR) is 75.6 cm³/mol. The Morgan fingerprint density at radius 1 is 1.21 bits per heavy atom. The van der Waals surface area contributed by atoms with Crippen molar-refractivity contribution < 1.29 is 4.74 Å². The van der Waals surface area contributed by atoms with E-state index in [9.17, 15) is 0 Å². The molecule has 0 radical (unpaired) electrons. The zero-order chi connectivity index (χ0) is 13.2. The van der Waals surface area contributed by atoms with E-state index in [4.69, 9.17) is 4.74 Å². The molecule has 4 nitrogen and oxygen atoms in total. The molecule has 1 aliphatic carbocycles. The molecule has 0 spiro atoms. The van der Waals surface area contributed by atoms with Crippen LogP contribution in [0.2, 0.25) is 0 Å². The minimum absolute atomic E-state index is 0.861. The summed E-state index contributed by atoms with van der Waals surface area (Å²) in [5, 5.41) is 11.9. The number of rotatable bonds is 4. The van der Waals surface area contributed by atoms with Crippen molar-refractivity contribution in [2.24, 2.45) is 0 Å². The topological polar surface area (TPSA) is 47.0 Å². The number of hydrogen-bond acceptors (Lipinski definition) is 4. The first-order chi connectivity index (χ1) is 9.31. The van der Waals surface area contributed by atoms with Crippen LogP contribution in [0.1, 0.15) is 24.5 Å². The van der Waals surface area contributed by atoms with E-state index < -0.39 is 0 Å². The van der Waals surface area contributed by atoms with E-state index in [0.717, 1.165) is 42.2 Å². The number of nitrogens with one attached hydrogen (secondary N) is 1. The van der Waals surface area contributed by atoms with Crippen molar-refractivity contribution in [3.8, 4) is 17.0 Å². The molecular formula is C15H17N3O. The van der Waals surface area contributed by atoms with Crippen molar-refractivity contribution in [2.45, 2.75) is 19.8 Å². The Balaban J connectivity index is 1.95. The first-order valence-electron chi connectivity index (χ1n) is 6.59. The third-order valence-electron chi connectivity index (χ3n) is 3.38. The molecule has 98 valence electrons. The van der Waals surface area contributed by atoms with Gasteiger partial charge in [0.1, 0.15) is 11.6 Å². The quantitative estimate of drug-likeness (QED) is 0.778. The number of methoxy groups -OCH3 is 1. The van der Waals surface area contributed by atoms with Gasteiger partial charge in [0.2, 0.25) is 0 Å². The minimum Gasteiger partial charge on any atom is -0.497 e. The number of benzene rings is 1. The Hall–Kier alpha value is -2.10. The van der Waals surface area contributed by atoms with E-state index in [0.29, 0.717) is 0 Å². The lowest BCUT2D eigenvalue weighted by Gasteiger charge is -2.05. The van der Waals surface area contributed by atoms with Crippen molar-refractivity contribution in [1.29, 1.82) is 0 Å². The highest BCUT2D eigenvalue weighted by Crippen LogP contribution is 2.37. The second-order valence-electron chi connectivity index (χ2n) is 4.73. The number of fused-ring (bicyclic) bond motifs is 3. The lowest BCUT2D eigenvalue weighted by molar-refractivity contribution is 0.415. The summed E-state index contributed by atoms with van der Waals surface area (Å²) in [6.07, 6.45) is 2.00. The fourth-order valence-corrected chi connectivity index (χ4v) is 2.39. The molecule has 1 aromatic heterocycles. The van der Waals surface area contributed by atoms with E-state index >= 15 is 0 Å². The van der Waals surface area contributed by atoms with E-state index in [-0.39, 0.29) is 0 Å². The minimum atomic E-state index is 0.861. The summed E-state index contributed by atoms with van der Waals surface area (Å²) in [6.45, 7) is 3.06. The number of ether oxygens (including phenoxy) is 1. The smallest absolute Gasteiger partial charge is 0.148 e. The zero-order valence-electron chi connectivity index (χ0n) is 11.2. The molecule has 0 saturated heterocycles. The molecule has 0 saturated carbocycles. The highest BCUT2D eigenvalue weighted by molar-refractivity contribution is 5.75. The van der Waals surface area contributed by atoms with Crippen LogP contribution >= 0.6 is 0 Å². The Bertz CT molecular complexity index is 610. The van der Waals surface area contributed by atoms with Gasteiger partial charge in [0.15, 0.2) is 0 Å². The average Bonchev–Trinajstić information content (AvgIpc) is 2.81. The molecule has 0 aliphatic heterocycles. The zero-order valence-corrected chi connectivity index (χ0v) is 11.2. The lowest BCUT2D eigenvalue weighted by atomic mass is 10.1. The summed E-state index contributed by atoms with van der Waals surface area (Å²) in [4.78, 5) is 0. The van der Waals surface area contributed by atoms with Crippen LogP contribution in [0.15, 0.2) is 24.3 Å². The molecule has 0 atom stereocenters. The van der Waals surface area contributed by atoms with E-state index in [1.165, 1.54) is 11.1 Å². The summed E-state index contributed by atoms with van der Waals surface area (Å²) >= 11 is 0. The molecule has 1 N–H and O–H groups in total. The average molecular weight is 255 g/mol. The van der Waals surface area contributed by atoms with Gasteiger partial charge in [0.25, 0.3) is 0 Å². The summed E-state index contributed by atoms with van der Waals surface area (Å²) in [7, 11) is 1.68. The third-order valence-corrected chi connectivity index (χ3v) is 3.38. The first-order valence-corrected chi connectivity index (χ1v) is 6.59. The number of aromatic nitrogens is 2. The molecular weight excluding hydrogens is 238 g/mol. The lowest BCUT2D eigenvalue weighted by Crippen LogP contribution is -2.03. The Labute approximate surface area is 112 Å². The second kappa shape index (κ2) is 4.88. The maximum atomic E-state index is 5.27. The Morgan fingerprint density at radius 3 is 2.89 bits per heavy atom. The fourth-order valence-electron chi connectivity index (χ4n) is 2.39. The largest absolute Gasteiger partial charge is 0.497 e. The van der Waals surface area contributed by atoms with Gasteiger partial charge >= 0.3 is 0 Å². The highest BCUT2D eigenvalue weighted by atomic mass is 16.5. The SMILES string of the molecule is CCCNc1cc2c(nn1)-c1cc(OC)ccc1C2. The number of nitrogens with zero attached hydrogens (tertiary/aromatic N) is 2. The summed E-state index contributed by atoms with van der Waals surface area (Å²) < 4.78 is 5.27. The predicted octanol–water partition coefficient (Wildman–Crippen LogP) is 2.88. The van der Waals surface area contributed by atoms with E-state index in [1.54, 1.807) is 7.11 Å². The molecule has 4 heteroatoms. The van der Waals surface area contributed by atoms with Gasteiger partial charge in [-0.3, -0.25) is 0 Å². The van der Waals surface area contributed by atoms with Crippen LogP contribution in [0.4, 0.5) is 5.82 Å². The Morgan fingerprint density at radius 2 is 2.11 bits per heavy atom.